The fraction of sp³-hybridized carbons (Fsp3) is 0.556. The van der Waals surface area contributed by atoms with E-state index in [2.05, 4.69) is 10.1 Å². The highest BCUT2D eigenvalue weighted by molar-refractivity contribution is 7.89. The van der Waals surface area contributed by atoms with Gasteiger partial charge in [0.25, 0.3) is 5.56 Å². The number of carbonyl (C=O) groups excluding carboxylic acids is 1. The number of sulfonamides is 1. The Kier molecular flexibility index (Phi) is 11.0. The van der Waals surface area contributed by atoms with Gasteiger partial charge in [0.1, 0.15) is 17.1 Å². The van der Waals surface area contributed by atoms with E-state index < -0.39 is 16.2 Å². The molecule has 0 amide bonds. The first-order chi connectivity index (χ1) is 19.4. The molecular weight excluding hydrogens is 679 g/mol. The van der Waals surface area contributed by atoms with E-state index in [0.717, 1.165) is 6.42 Å². The van der Waals surface area contributed by atoms with Crippen molar-refractivity contribution in [3.05, 3.63) is 34.2 Å². The van der Waals surface area contributed by atoms with Crippen molar-refractivity contribution in [2.45, 2.75) is 51.5 Å². The molecule has 0 spiro atoms. The molecule has 15 heteroatoms. The van der Waals surface area contributed by atoms with Gasteiger partial charge < -0.3 is 43.2 Å². The lowest BCUT2D eigenvalue weighted by Gasteiger charge is -2.40. The molecule has 1 N–H and O–H groups in total. The van der Waals surface area contributed by atoms with E-state index in [9.17, 15) is 18.0 Å². The van der Waals surface area contributed by atoms with E-state index >= 15 is 0 Å². The van der Waals surface area contributed by atoms with Crippen molar-refractivity contribution in [2.24, 2.45) is 7.05 Å². The lowest BCUT2D eigenvalue weighted by atomic mass is 10.1. The summed E-state index contributed by atoms with van der Waals surface area (Å²) in [6.07, 6.45) is 0.451. The van der Waals surface area contributed by atoms with Gasteiger partial charge in [-0.3, -0.25) is 14.0 Å². The number of nitrogens with zero attached hydrogens (tertiary/aromatic N) is 5. The number of benzene rings is 1. The lowest BCUT2D eigenvalue weighted by molar-refractivity contribution is -0.928. The Labute approximate surface area is 262 Å². The summed E-state index contributed by atoms with van der Waals surface area (Å²) in [7, 11) is -0.283. The Morgan fingerprint density at radius 1 is 1.19 bits per heavy atom. The van der Waals surface area contributed by atoms with Gasteiger partial charge in [0.2, 0.25) is 16.8 Å². The van der Waals surface area contributed by atoms with Crippen LogP contribution < -0.4 is 34.3 Å². The number of rotatable bonds is 10. The summed E-state index contributed by atoms with van der Waals surface area (Å²) in [5.41, 5.74) is 1.54. The number of likely N-dealkylation sites (N-methyl/N-ethyl adjacent to an activating group) is 1. The fourth-order valence-corrected chi connectivity index (χ4v) is 6.25. The number of hydrogen-bond donors (Lipinski definition) is 1. The Balaban J connectivity index is 0.00000484. The fourth-order valence-electron chi connectivity index (χ4n) is 4.80. The molecule has 232 valence electrons. The highest BCUT2D eigenvalue weighted by atomic mass is 127. The third kappa shape index (κ3) is 7.23. The van der Waals surface area contributed by atoms with Crippen LogP contribution in [0, 0.1) is 0 Å². The third-order valence-electron chi connectivity index (χ3n) is 7.00. The third-order valence-corrected chi connectivity index (χ3v) is 8.89. The van der Waals surface area contributed by atoms with E-state index in [4.69, 9.17) is 19.2 Å². The van der Waals surface area contributed by atoms with Crippen LogP contribution >= 0.6 is 0 Å². The summed E-state index contributed by atoms with van der Waals surface area (Å²) in [6.45, 7) is 9.12. The molecule has 0 radical (unpaired) electrons. The molecule has 1 fully saturated rings. The number of aromatic amines is 1. The molecule has 0 atom stereocenters. The second kappa shape index (κ2) is 13.7. The van der Waals surface area contributed by atoms with Gasteiger partial charge >= 0.3 is 6.16 Å². The number of hydrogen-bond acceptors (Lipinski definition) is 9. The normalized spacial score (nSPS) is 15.4. The van der Waals surface area contributed by atoms with Gasteiger partial charge in [-0.2, -0.15) is 9.40 Å². The van der Waals surface area contributed by atoms with Crippen molar-refractivity contribution in [1.82, 2.24) is 24.1 Å². The van der Waals surface area contributed by atoms with Crippen LogP contribution in [0.1, 0.15) is 39.8 Å². The summed E-state index contributed by atoms with van der Waals surface area (Å²) < 4.78 is 46.8. The molecule has 1 aromatic carbocycles. The monoisotopic (exact) mass is 718 g/mol. The molecule has 0 aliphatic carbocycles. The molecule has 4 rings (SSSR count). The summed E-state index contributed by atoms with van der Waals surface area (Å²) in [5, 5.41) is 4.46. The van der Waals surface area contributed by atoms with Gasteiger partial charge in [0.15, 0.2) is 5.52 Å². The van der Waals surface area contributed by atoms with Crippen LogP contribution in [0.15, 0.2) is 27.9 Å². The highest BCUT2D eigenvalue weighted by Crippen LogP contribution is 2.32. The van der Waals surface area contributed by atoms with Crippen LogP contribution in [0.5, 0.6) is 5.75 Å². The first-order valence-corrected chi connectivity index (χ1v) is 15.2. The highest BCUT2D eigenvalue weighted by Gasteiger charge is 2.36. The molecular formula is C27H39IN6O7S. The van der Waals surface area contributed by atoms with Gasteiger partial charge in [-0.05, 0) is 45.4 Å². The zero-order valence-corrected chi connectivity index (χ0v) is 27.8. The Hall–Kier alpha value is -2.76. The second-order valence-electron chi connectivity index (χ2n) is 10.7. The first kappa shape index (κ1) is 33.7. The van der Waals surface area contributed by atoms with Crippen molar-refractivity contribution in [3.8, 4) is 17.1 Å². The Bertz CT molecular complexity index is 1580. The molecule has 0 unspecified atom stereocenters. The molecule has 1 aliphatic heterocycles. The Morgan fingerprint density at radius 3 is 2.50 bits per heavy atom. The molecule has 0 bridgehead atoms. The van der Waals surface area contributed by atoms with E-state index in [-0.39, 0.29) is 66.2 Å². The van der Waals surface area contributed by atoms with Crippen molar-refractivity contribution in [3.63, 3.8) is 0 Å². The van der Waals surface area contributed by atoms with Crippen LogP contribution in [0.25, 0.3) is 22.4 Å². The maximum absolute atomic E-state index is 13.7. The number of aryl methyl sites for hydroxylation is 2. The average molecular weight is 719 g/mol. The average Bonchev–Trinajstić information content (AvgIpc) is 3.23. The molecule has 2 aromatic heterocycles. The molecule has 3 aromatic rings. The number of ether oxygens (including phenoxy) is 3. The molecule has 1 saturated heterocycles. The summed E-state index contributed by atoms with van der Waals surface area (Å²) in [6, 6.07) is 4.58. The van der Waals surface area contributed by atoms with Crippen molar-refractivity contribution in [2.75, 3.05) is 46.6 Å². The number of quaternary nitrogens is 1. The first-order valence-electron chi connectivity index (χ1n) is 13.8. The van der Waals surface area contributed by atoms with Crippen LogP contribution in [-0.2, 0) is 33.0 Å². The molecule has 1 aliphatic rings. The lowest BCUT2D eigenvalue weighted by Crippen LogP contribution is -3.00. The van der Waals surface area contributed by atoms with E-state index in [1.165, 1.54) is 21.1 Å². The van der Waals surface area contributed by atoms with Gasteiger partial charge in [0.05, 0.1) is 62.1 Å². The number of nitrogens with one attached hydrogen (secondary N) is 1. The number of H-pyrrole nitrogens is 1. The number of halogens is 1. The van der Waals surface area contributed by atoms with Gasteiger partial charge in [-0.25, -0.2) is 18.2 Å². The number of fused-ring (bicyclic) bond motifs is 1. The zero-order chi connectivity index (χ0) is 29.9. The maximum atomic E-state index is 13.7. The van der Waals surface area contributed by atoms with E-state index in [0.29, 0.717) is 58.6 Å². The standard InChI is InChI=1S/C27H38N6O7S.HI/c1-7-9-21-23-24(31(5)30-21)26(34)29-25(28-23)20-16-19(10-11-22(20)38-8-2)41(36,37)32-12-14-33(6,15-13-32)17-39-27(35)40-18(3)4;/h10-11,16,18H,7-9,12-15,17H2,1-6H3;1H. The minimum Gasteiger partial charge on any atom is -1.00 e. The molecule has 42 heavy (non-hydrogen) atoms. The van der Waals surface area contributed by atoms with E-state index in [1.54, 1.807) is 27.0 Å². The summed E-state index contributed by atoms with van der Waals surface area (Å²) in [5.74, 6) is 0.616. The number of aromatic nitrogens is 4. The summed E-state index contributed by atoms with van der Waals surface area (Å²) >= 11 is 0. The number of piperazine rings is 1. The van der Waals surface area contributed by atoms with Crippen molar-refractivity contribution >= 4 is 27.2 Å². The van der Waals surface area contributed by atoms with Crippen LogP contribution in [0.3, 0.4) is 0 Å². The van der Waals surface area contributed by atoms with Crippen molar-refractivity contribution < 1.29 is 55.9 Å². The van der Waals surface area contributed by atoms with E-state index in [1.807, 2.05) is 20.9 Å². The van der Waals surface area contributed by atoms with Crippen LogP contribution in [0.4, 0.5) is 4.79 Å². The smallest absolute Gasteiger partial charge is 0.512 e. The van der Waals surface area contributed by atoms with Crippen molar-refractivity contribution in [1.29, 1.82) is 0 Å². The van der Waals surface area contributed by atoms with Gasteiger partial charge in [0, 0.05) is 7.05 Å². The molecule has 13 nitrogen and oxygen atoms in total. The molecule has 0 saturated carbocycles. The zero-order valence-electron chi connectivity index (χ0n) is 24.8. The SMILES string of the molecule is CCCc1nn(C)c2c(=O)[nH]c(-c3cc(S(=O)(=O)N4CC[N+](C)(COC(=O)OC(C)C)CC4)ccc3OCC)nc12.[I-]. The molecule has 3 heterocycles. The maximum Gasteiger partial charge on any atom is 0.512 e. The largest absolute Gasteiger partial charge is 1.00 e. The number of carbonyl (C=O) groups is 1. The minimum absolute atomic E-state index is 0. The second-order valence-corrected chi connectivity index (χ2v) is 12.6. The van der Waals surface area contributed by atoms with Crippen LogP contribution in [0.2, 0.25) is 0 Å². The predicted octanol–water partition coefficient (Wildman–Crippen LogP) is -0.351. The topological polar surface area (TPSA) is 146 Å². The van der Waals surface area contributed by atoms with Gasteiger partial charge in [-0.1, -0.05) is 13.3 Å². The van der Waals surface area contributed by atoms with Crippen LogP contribution in [-0.4, -0.2) is 95.8 Å². The quantitative estimate of drug-likeness (QED) is 0.169. The predicted molar refractivity (Wildman–Crippen MR) is 152 cm³/mol. The summed E-state index contributed by atoms with van der Waals surface area (Å²) in [4.78, 5) is 32.4. The minimum atomic E-state index is -3.89. The van der Waals surface area contributed by atoms with Gasteiger partial charge in [-0.15, -0.1) is 0 Å². The Morgan fingerprint density at radius 2 is 1.88 bits per heavy atom.